The van der Waals surface area contributed by atoms with Crippen LogP contribution in [0.1, 0.15) is 22.7 Å². The second-order valence-corrected chi connectivity index (χ2v) is 3.77. The van der Waals surface area contributed by atoms with Crippen molar-refractivity contribution in [2.75, 3.05) is 6.61 Å². The van der Waals surface area contributed by atoms with Crippen molar-refractivity contribution >= 4 is 0 Å². The fraction of sp³-hybridized carbons (Fsp3) is 0.400. The van der Waals surface area contributed by atoms with Crippen LogP contribution in [0.5, 0.6) is 0 Å². The van der Waals surface area contributed by atoms with Crippen molar-refractivity contribution in [1.29, 1.82) is 0 Å². The summed E-state index contributed by atoms with van der Waals surface area (Å²) in [5, 5.41) is 0. The average Bonchev–Trinajstić information content (AvgIpc) is 2.28. The van der Waals surface area contributed by atoms with Crippen LogP contribution in [0.2, 0.25) is 0 Å². The van der Waals surface area contributed by atoms with E-state index in [0.29, 0.717) is 12.2 Å². The molecule has 0 fully saturated rings. The summed E-state index contributed by atoms with van der Waals surface area (Å²) >= 11 is 0. The van der Waals surface area contributed by atoms with Crippen LogP contribution >= 0.6 is 0 Å². The molecule has 0 aromatic heterocycles. The molecule has 4 nitrogen and oxygen atoms in total. The number of rotatable bonds is 2. The summed E-state index contributed by atoms with van der Waals surface area (Å²) in [7, 11) is 0. The van der Waals surface area contributed by atoms with Crippen molar-refractivity contribution in [1.82, 2.24) is 11.0 Å². The van der Waals surface area contributed by atoms with Crippen LogP contribution in [0.3, 0.4) is 0 Å². The molecule has 1 aromatic carbocycles. The van der Waals surface area contributed by atoms with Gasteiger partial charge in [0.1, 0.15) is 0 Å². The average molecular weight is 247 g/mol. The Kier molecular flexibility index (Phi) is 3.34. The number of nitrogens with two attached hydrogens (primary N) is 1. The molecule has 0 radical (unpaired) electrons. The molecule has 1 aliphatic heterocycles. The molecule has 2 rings (SSSR count). The van der Waals surface area contributed by atoms with Gasteiger partial charge in [0.2, 0.25) is 0 Å². The van der Waals surface area contributed by atoms with Gasteiger partial charge < -0.3 is 4.74 Å². The molecule has 0 spiro atoms. The van der Waals surface area contributed by atoms with E-state index >= 15 is 0 Å². The highest BCUT2D eigenvalue weighted by molar-refractivity contribution is 5.36. The molecule has 0 bridgehead atoms. The van der Waals surface area contributed by atoms with E-state index in [1.165, 1.54) is 6.07 Å². The lowest BCUT2D eigenvalue weighted by Crippen LogP contribution is -2.43. The molecule has 0 amide bonds. The molecule has 7 heteroatoms. The van der Waals surface area contributed by atoms with Gasteiger partial charge in [-0.3, -0.25) is 5.84 Å². The monoisotopic (exact) mass is 247 g/mol. The lowest BCUT2D eigenvalue weighted by atomic mass is 9.97. The van der Waals surface area contributed by atoms with Crippen LogP contribution in [0.15, 0.2) is 18.2 Å². The first kappa shape index (κ1) is 12.3. The number of hydrogen-bond donors (Lipinski definition) is 3. The molecule has 0 saturated heterocycles. The molecule has 4 N–H and O–H groups in total. The lowest BCUT2D eigenvalue weighted by molar-refractivity contribution is -0.137. The molecule has 17 heavy (non-hydrogen) atoms. The third kappa shape index (κ3) is 2.58. The Labute approximate surface area is 95.9 Å². The summed E-state index contributed by atoms with van der Waals surface area (Å²) < 4.78 is 43.0. The third-order valence-electron chi connectivity index (χ3n) is 2.65. The largest absolute Gasteiger partial charge is 0.416 e. The first-order valence-corrected chi connectivity index (χ1v) is 5.01. The topological polar surface area (TPSA) is 59.3 Å². The Hall–Kier alpha value is -1.15. The zero-order valence-corrected chi connectivity index (χ0v) is 8.84. The number of hydrazine groups is 2. The van der Waals surface area contributed by atoms with E-state index in [-0.39, 0.29) is 12.6 Å². The minimum absolute atomic E-state index is 0.276. The van der Waals surface area contributed by atoms with Gasteiger partial charge >= 0.3 is 6.18 Å². The molecular formula is C10H12F3N3O. The normalized spacial score (nSPS) is 20.1. The molecule has 0 saturated carbocycles. The molecular weight excluding hydrogens is 235 g/mol. The highest BCUT2D eigenvalue weighted by Gasteiger charge is 2.32. The summed E-state index contributed by atoms with van der Waals surface area (Å²) in [6.45, 7) is 0.592. The van der Waals surface area contributed by atoms with Gasteiger partial charge in [0, 0.05) is 0 Å². The van der Waals surface area contributed by atoms with Gasteiger partial charge in [-0.05, 0) is 23.3 Å². The number of halogens is 3. The Morgan fingerprint density at radius 2 is 2.12 bits per heavy atom. The molecule has 1 atom stereocenters. The maximum atomic E-state index is 12.6. The van der Waals surface area contributed by atoms with Gasteiger partial charge in [-0.1, -0.05) is 6.07 Å². The Morgan fingerprint density at radius 1 is 1.35 bits per heavy atom. The van der Waals surface area contributed by atoms with Gasteiger partial charge in [-0.2, -0.15) is 18.7 Å². The highest BCUT2D eigenvalue weighted by Crippen LogP contribution is 2.33. The smallest absolute Gasteiger partial charge is 0.375 e. The van der Waals surface area contributed by atoms with Crippen molar-refractivity contribution in [2.45, 2.75) is 18.8 Å². The van der Waals surface area contributed by atoms with E-state index < -0.39 is 11.7 Å². The van der Waals surface area contributed by atoms with Gasteiger partial charge in [-0.25, -0.2) is 5.43 Å². The number of benzene rings is 1. The molecule has 94 valence electrons. The Morgan fingerprint density at radius 3 is 2.76 bits per heavy atom. The summed E-state index contributed by atoms with van der Waals surface area (Å²) in [4.78, 5) is 0. The predicted octanol–water partition coefficient (Wildman–Crippen LogP) is 1.24. The van der Waals surface area contributed by atoms with Gasteiger partial charge in [-0.15, -0.1) is 0 Å². The third-order valence-corrected chi connectivity index (χ3v) is 2.65. The van der Waals surface area contributed by atoms with Crippen molar-refractivity contribution in [2.24, 2.45) is 5.84 Å². The minimum Gasteiger partial charge on any atom is -0.375 e. The first-order valence-electron chi connectivity index (χ1n) is 5.01. The highest BCUT2D eigenvalue weighted by atomic mass is 19.4. The quantitative estimate of drug-likeness (QED) is 0.543. The summed E-state index contributed by atoms with van der Waals surface area (Å²) in [5.41, 5.74) is 5.51. The zero-order valence-electron chi connectivity index (χ0n) is 8.84. The number of alkyl halides is 3. The van der Waals surface area contributed by atoms with E-state index in [1.807, 2.05) is 0 Å². The molecule has 1 unspecified atom stereocenters. The van der Waals surface area contributed by atoms with Crippen LogP contribution in [0.25, 0.3) is 0 Å². The lowest BCUT2D eigenvalue weighted by Gasteiger charge is -2.27. The summed E-state index contributed by atoms with van der Waals surface area (Å²) in [6.07, 6.45) is -4.34. The molecule has 0 aliphatic carbocycles. The predicted molar refractivity (Wildman–Crippen MR) is 54.3 cm³/mol. The number of ether oxygens (including phenoxy) is 1. The van der Waals surface area contributed by atoms with Gasteiger partial charge in [0.25, 0.3) is 0 Å². The standard InChI is InChI=1S/C10H12F3N3O/c11-10(12,13)7-2-1-6-4-17-5-9(15-16-14)8(6)3-7/h1-3,9,15-16H,4-5,14H2. The van der Waals surface area contributed by atoms with E-state index in [9.17, 15) is 13.2 Å². The maximum absolute atomic E-state index is 12.6. The minimum atomic E-state index is -4.34. The number of nitrogens with one attached hydrogen (secondary N) is 2. The van der Waals surface area contributed by atoms with Crippen molar-refractivity contribution in [3.05, 3.63) is 34.9 Å². The van der Waals surface area contributed by atoms with E-state index in [2.05, 4.69) is 11.0 Å². The number of hydrogen-bond acceptors (Lipinski definition) is 4. The Balaban J connectivity index is 2.37. The summed E-state index contributed by atoms with van der Waals surface area (Å²) in [6, 6.07) is 3.24. The zero-order chi connectivity index (χ0) is 12.5. The SMILES string of the molecule is NNNC1COCc2ccc(C(F)(F)F)cc21. The molecule has 1 heterocycles. The van der Waals surface area contributed by atoms with E-state index in [0.717, 1.165) is 17.7 Å². The van der Waals surface area contributed by atoms with Crippen LogP contribution in [0.4, 0.5) is 13.2 Å². The molecule has 1 aromatic rings. The van der Waals surface area contributed by atoms with Crippen LogP contribution in [-0.2, 0) is 17.5 Å². The summed E-state index contributed by atoms with van der Waals surface area (Å²) in [5.74, 6) is 5.10. The second kappa shape index (κ2) is 4.61. The van der Waals surface area contributed by atoms with Crippen LogP contribution in [0, 0.1) is 0 Å². The first-order chi connectivity index (χ1) is 8.02. The fourth-order valence-corrected chi connectivity index (χ4v) is 1.82. The van der Waals surface area contributed by atoms with Crippen molar-refractivity contribution in [3.8, 4) is 0 Å². The van der Waals surface area contributed by atoms with E-state index in [4.69, 9.17) is 10.6 Å². The van der Waals surface area contributed by atoms with Crippen molar-refractivity contribution in [3.63, 3.8) is 0 Å². The molecule has 1 aliphatic rings. The van der Waals surface area contributed by atoms with Crippen LogP contribution in [-0.4, -0.2) is 6.61 Å². The van der Waals surface area contributed by atoms with Crippen LogP contribution < -0.4 is 16.8 Å². The number of fused-ring (bicyclic) bond motifs is 1. The van der Waals surface area contributed by atoms with Crippen molar-refractivity contribution < 1.29 is 17.9 Å². The Bertz CT molecular complexity index is 408. The second-order valence-electron chi connectivity index (χ2n) is 3.77. The maximum Gasteiger partial charge on any atom is 0.416 e. The van der Waals surface area contributed by atoms with Gasteiger partial charge in [0.05, 0.1) is 24.8 Å². The van der Waals surface area contributed by atoms with Gasteiger partial charge in [0.15, 0.2) is 0 Å². The fourth-order valence-electron chi connectivity index (χ4n) is 1.82. The van der Waals surface area contributed by atoms with E-state index in [1.54, 1.807) is 0 Å².